The number of ether oxygens (including phenoxy) is 1. The number of nitrogen functional groups attached to an aromatic ring is 1. The molecule has 0 bridgehead atoms. The third-order valence-corrected chi connectivity index (χ3v) is 2.97. The minimum absolute atomic E-state index is 0.753. The fourth-order valence-electron chi connectivity index (χ4n) is 2.11. The first-order valence-corrected chi connectivity index (χ1v) is 5.39. The number of nitrogens with two attached hydrogens (primary N) is 1. The van der Waals surface area contributed by atoms with Gasteiger partial charge in [-0.1, -0.05) is 6.92 Å². The zero-order valence-electron chi connectivity index (χ0n) is 9.36. The van der Waals surface area contributed by atoms with Crippen molar-refractivity contribution in [2.45, 2.75) is 13.3 Å². The SMILES string of the molecule is COc1cc(N)ccc1N1CCC(C)C1. The Balaban J connectivity index is 2.27. The van der Waals surface area contributed by atoms with E-state index in [1.807, 2.05) is 18.2 Å². The van der Waals surface area contributed by atoms with Crippen LogP contribution in [-0.4, -0.2) is 20.2 Å². The molecule has 0 aliphatic carbocycles. The van der Waals surface area contributed by atoms with Crippen LogP contribution in [0.15, 0.2) is 18.2 Å². The van der Waals surface area contributed by atoms with Crippen molar-refractivity contribution in [3.05, 3.63) is 18.2 Å². The molecule has 15 heavy (non-hydrogen) atoms. The normalized spacial score (nSPS) is 20.7. The molecule has 1 saturated heterocycles. The fraction of sp³-hybridized carbons (Fsp3) is 0.500. The molecule has 2 rings (SSSR count). The fourth-order valence-corrected chi connectivity index (χ4v) is 2.11. The second-order valence-electron chi connectivity index (χ2n) is 4.27. The average Bonchev–Trinajstić information content (AvgIpc) is 2.64. The maximum atomic E-state index is 5.73. The first kappa shape index (κ1) is 10.1. The largest absolute Gasteiger partial charge is 0.495 e. The van der Waals surface area contributed by atoms with Crippen molar-refractivity contribution in [3.63, 3.8) is 0 Å². The molecule has 0 radical (unpaired) electrons. The van der Waals surface area contributed by atoms with Gasteiger partial charge in [-0.05, 0) is 24.5 Å². The van der Waals surface area contributed by atoms with E-state index in [2.05, 4.69) is 11.8 Å². The van der Waals surface area contributed by atoms with Crippen LogP contribution >= 0.6 is 0 Å². The highest BCUT2D eigenvalue weighted by Gasteiger charge is 2.21. The summed E-state index contributed by atoms with van der Waals surface area (Å²) in [6.45, 7) is 4.51. The van der Waals surface area contributed by atoms with Crippen LogP contribution < -0.4 is 15.4 Å². The van der Waals surface area contributed by atoms with Crippen LogP contribution in [0.25, 0.3) is 0 Å². The summed E-state index contributed by atoms with van der Waals surface area (Å²) in [5.41, 5.74) is 7.65. The van der Waals surface area contributed by atoms with Gasteiger partial charge in [0, 0.05) is 24.8 Å². The van der Waals surface area contributed by atoms with Crippen molar-refractivity contribution in [2.75, 3.05) is 30.8 Å². The summed E-state index contributed by atoms with van der Waals surface area (Å²) in [6.07, 6.45) is 1.26. The number of hydrogen-bond acceptors (Lipinski definition) is 3. The highest BCUT2D eigenvalue weighted by molar-refractivity contribution is 5.64. The van der Waals surface area contributed by atoms with E-state index in [0.29, 0.717) is 0 Å². The maximum absolute atomic E-state index is 5.73. The molecule has 3 heteroatoms. The molecule has 1 fully saturated rings. The zero-order chi connectivity index (χ0) is 10.8. The summed E-state index contributed by atoms with van der Waals surface area (Å²) in [6, 6.07) is 5.87. The summed E-state index contributed by atoms with van der Waals surface area (Å²) >= 11 is 0. The van der Waals surface area contributed by atoms with E-state index in [4.69, 9.17) is 10.5 Å². The first-order valence-electron chi connectivity index (χ1n) is 5.39. The van der Waals surface area contributed by atoms with Crippen molar-refractivity contribution >= 4 is 11.4 Å². The van der Waals surface area contributed by atoms with Gasteiger partial charge in [-0.2, -0.15) is 0 Å². The Labute approximate surface area is 90.8 Å². The molecule has 3 nitrogen and oxygen atoms in total. The van der Waals surface area contributed by atoms with Crippen LogP contribution in [0.1, 0.15) is 13.3 Å². The minimum Gasteiger partial charge on any atom is -0.495 e. The summed E-state index contributed by atoms with van der Waals surface area (Å²) in [5, 5.41) is 0. The van der Waals surface area contributed by atoms with E-state index in [1.54, 1.807) is 7.11 Å². The van der Waals surface area contributed by atoms with Crippen molar-refractivity contribution in [1.82, 2.24) is 0 Å². The number of hydrogen-bond donors (Lipinski definition) is 1. The average molecular weight is 206 g/mol. The molecule has 1 aromatic rings. The van der Waals surface area contributed by atoms with Gasteiger partial charge in [-0.3, -0.25) is 0 Å². The van der Waals surface area contributed by atoms with Gasteiger partial charge in [0.2, 0.25) is 0 Å². The molecule has 0 saturated carbocycles. The third kappa shape index (κ3) is 2.01. The smallest absolute Gasteiger partial charge is 0.144 e. The molecule has 1 unspecified atom stereocenters. The molecular weight excluding hydrogens is 188 g/mol. The minimum atomic E-state index is 0.753. The number of methoxy groups -OCH3 is 1. The quantitative estimate of drug-likeness (QED) is 0.753. The molecule has 0 amide bonds. The lowest BCUT2D eigenvalue weighted by molar-refractivity contribution is 0.415. The van der Waals surface area contributed by atoms with Crippen molar-refractivity contribution in [1.29, 1.82) is 0 Å². The van der Waals surface area contributed by atoms with Crippen LogP contribution in [0.4, 0.5) is 11.4 Å². The Morgan fingerprint density at radius 3 is 2.87 bits per heavy atom. The second-order valence-corrected chi connectivity index (χ2v) is 4.27. The van der Waals surface area contributed by atoms with Gasteiger partial charge in [0.15, 0.2) is 0 Å². The molecular formula is C12H18N2O. The molecule has 82 valence electrons. The number of benzene rings is 1. The standard InChI is InChI=1S/C12H18N2O/c1-9-5-6-14(8-9)11-4-3-10(13)7-12(11)15-2/h3-4,7,9H,5-6,8,13H2,1-2H3. The lowest BCUT2D eigenvalue weighted by atomic mass is 10.2. The molecule has 1 aliphatic heterocycles. The van der Waals surface area contributed by atoms with E-state index in [0.717, 1.165) is 36.1 Å². The highest BCUT2D eigenvalue weighted by atomic mass is 16.5. The van der Waals surface area contributed by atoms with Gasteiger partial charge in [-0.15, -0.1) is 0 Å². The van der Waals surface area contributed by atoms with Gasteiger partial charge in [-0.25, -0.2) is 0 Å². The van der Waals surface area contributed by atoms with E-state index in [1.165, 1.54) is 6.42 Å². The Morgan fingerprint density at radius 1 is 1.47 bits per heavy atom. The van der Waals surface area contributed by atoms with Gasteiger partial charge in [0.05, 0.1) is 12.8 Å². The predicted molar refractivity (Wildman–Crippen MR) is 63.4 cm³/mol. The molecule has 2 N–H and O–H groups in total. The Kier molecular flexibility index (Phi) is 2.71. The lowest BCUT2D eigenvalue weighted by Gasteiger charge is -2.21. The first-order chi connectivity index (χ1) is 7.20. The zero-order valence-corrected chi connectivity index (χ0v) is 9.36. The summed E-state index contributed by atoms with van der Waals surface area (Å²) < 4.78 is 5.35. The molecule has 1 heterocycles. The van der Waals surface area contributed by atoms with Crippen LogP contribution in [0.3, 0.4) is 0 Å². The van der Waals surface area contributed by atoms with E-state index < -0.39 is 0 Å². The predicted octanol–water partition coefficient (Wildman–Crippen LogP) is 2.12. The summed E-state index contributed by atoms with van der Waals surface area (Å²) in [5.74, 6) is 1.65. The third-order valence-electron chi connectivity index (χ3n) is 2.97. The molecule has 0 aromatic heterocycles. The number of nitrogens with zero attached hydrogens (tertiary/aromatic N) is 1. The van der Waals surface area contributed by atoms with E-state index in [9.17, 15) is 0 Å². The van der Waals surface area contributed by atoms with E-state index >= 15 is 0 Å². The van der Waals surface area contributed by atoms with Gasteiger partial charge < -0.3 is 15.4 Å². The van der Waals surface area contributed by atoms with E-state index in [-0.39, 0.29) is 0 Å². The topological polar surface area (TPSA) is 38.5 Å². The molecule has 0 spiro atoms. The van der Waals surface area contributed by atoms with Crippen LogP contribution in [0, 0.1) is 5.92 Å². The summed E-state index contributed by atoms with van der Waals surface area (Å²) in [7, 11) is 1.69. The molecule has 1 aromatic carbocycles. The van der Waals surface area contributed by atoms with Crippen LogP contribution in [0.2, 0.25) is 0 Å². The Morgan fingerprint density at radius 2 is 2.27 bits per heavy atom. The maximum Gasteiger partial charge on any atom is 0.144 e. The van der Waals surface area contributed by atoms with Gasteiger partial charge in [0.25, 0.3) is 0 Å². The second kappa shape index (κ2) is 4.01. The lowest BCUT2D eigenvalue weighted by Crippen LogP contribution is -2.19. The van der Waals surface area contributed by atoms with Crippen molar-refractivity contribution < 1.29 is 4.74 Å². The monoisotopic (exact) mass is 206 g/mol. The van der Waals surface area contributed by atoms with Crippen molar-refractivity contribution in [2.24, 2.45) is 5.92 Å². The van der Waals surface area contributed by atoms with Crippen molar-refractivity contribution in [3.8, 4) is 5.75 Å². The molecule has 1 atom stereocenters. The summed E-state index contributed by atoms with van der Waals surface area (Å²) in [4.78, 5) is 2.36. The van der Waals surface area contributed by atoms with Crippen LogP contribution in [0.5, 0.6) is 5.75 Å². The molecule has 1 aliphatic rings. The Bertz CT molecular complexity index is 351. The number of anilines is 2. The highest BCUT2D eigenvalue weighted by Crippen LogP contribution is 2.33. The van der Waals surface area contributed by atoms with Gasteiger partial charge in [0.1, 0.15) is 5.75 Å². The Hall–Kier alpha value is -1.38. The van der Waals surface area contributed by atoms with Gasteiger partial charge >= 0.3 is 0 Å². The number of rotatable bonds is 2. The van der Waals surface area contributed by atoms with Crippen LogP contribution in [-0.2, 0) is 0 Å².